The molecule has 2 aromatic rings. The Bertz CT molecular complexity index is 1280. The number of amides is 6. The summed E-state index contributed by atoms with van der Waals surface area (Å²) in [5.41, 5.74) is 6.08. The van der Waals surface area contributed by atoms with E-state index in [9.17, 15) is 14.4 Å². The SMILES string of the molecule is O=C1NCCCN1CCCNCc1cccc(-c2cc(CNCCCN3CCCNC3=O)cc(CNCCCN3CCCNC3=O)c2)c1. The lowest BCUT2D eigenvalue weighted by Gasteiger charge is -2.27. The van der Waals surface area contributed by atoms with Gasteiger partial charge in [-0.3, -0.25) is 0 Å². The lowest BCUT2D eigenvalue weighted by atomic mass is 9.98. The minimum Gasteiger partial charge on any atom is -0.338 e. The van der Waals surface area contributed by atoms with Crippen LogP contribution < -0.4 is 31.9 Å². The number of hydrogen-bond donors (Lipinski definition) is 6. The summed E-state index contributed by atoms with van der Waals surface area (Å²) in [7, 11) is 0. The highest BCUT2D eigenvalue weighted by molar-refractivity contribution is 5.75. The van der Waals surface area contributed by atoms with Crippen molar-refractivity contribution >= 4 is 18.1 Å². The first-order valence-corrected chi connectivity index (χ1v) is 18.0. The van der Waals surface area contributed by atoms with E-state index in [1.165, 1.54) is 27.8 Å². The monoisotopic (exact) mass is 661 g/mol. The van der Waals surface area contributed by atoms with E-state index in [1.807, 2.05) is 14.7 Å². The molecule has 3 saturated heterocycles. The van der Waals surface area contributed by atoms with Crippen molar-refractivity contribution < 1.29 is 14.4 Å². The minimum atomic E-state index is 0.0502. The van der Waals surface area contributed by atoms with Crippen LogP contribution in [0.25, 0.3) is 11.1 Å². The average Bonchev–Trinajstić information content (AvgIpc) is 3.10. The topological polar surface area (TPSA) is 133 Å². The van der Waals surface area contributed by atoms with Crippen molar-refractivity contribution in [1.82, 2.24) is 46.6 Å². The van der Waals surface area contributed by atoms with E-state index in [0.717, 1.165) is 137 Å². The second kappa shape index (κ2) is 19.2. The molecule has 3 heterocycles. The molecule has 5 rings (SSSR count). The van der Waals surface area contributed by atoms with Crippen LogP contribution in [0.3, 0.4) is 0 Å². The van der Waals surface area contributed by atoms with Gasteiger partial charge in [0.1, 0.15) is 0 Å². The summed E-state index contributed by atoms with van der Waals surface area (Å²) in [6, 6.07) is 15.7. The van der Waals surface area contributed by atoms with Gasteiger partial charge in [0.15, 0.2) is 0 Å². The summed E-state index contributed by atoms with van der Waals surface area (Å²) in [6.07, 6.45) is 5.78. The maximum Gasteiger partial charge on any atom is 0.317 e. The zero-order valence-corrected chi connectivity index (χ0v) is 28.5. The fourth-order valence-electron chi connectivity index (χ4n) is 6.55. The molecule has 2 aromatic carbocycles. The van der Waals surface area contributed by atoms with Crippen molar-refractivity contribution in [2.24, 2.45) is 0 Å². The Morgan fingerprint density at radius 2 is 0.938 bits per heavy atom. The number of benzene rings is 2. The van der Waals surface area contributed by atoms with Gasteiger partial charge in [-0.1, -0.05) is 24.3 Å². The number of nitrogens with zero attached hydrogens (tertiary/aromatic N) is 3. The molecule has 0 bridgehead atoms. The van der Waals surface area contributed by atoms with Crippen LogP contribution in [0.2, 0.25) is 0 Å². The predicted molar refractivity (Wildman–Crippen MR) is 190 cm³/mol. The Hall–Kier alpha value is -3.87. The second-order valence-electron chi connectivity index (χ2n) is 13.0. The maximum atomic E-state index is 12.0. The largest absolute Gasteiger partial charge is 0.338 e. The first kappa shape index (κ1) is 35.4. The number of nitrogens with one attached hydrogen (secondary N) is 6. The van der Waals surface area contributed by atoms with Crippen molar-refractivity contribution in [3.8, 4) is 11.1 Å². The molecule has 12 nitrogen and oxygen atoms in total. The van der Waals surface area contributed by atoms with Crippen LogP contribution in [-0.2, 0) is 19.6 Å². The highest BCUT2D eigenvalue weighted by Crippen LogP contribution is 2.24. The zero-order chi connectivity index (χ0) is 33.4. The second-order valence-corrected chi connectivity index (χ2v) is 13.0. The molecular formula is C36H55N9O3. The van der Waals surface area contributed by atoms with Gasteiger partial charge in [0, 0.05) is 78.5 Å². The summed E-state index contributed by atoms with van der Waals surface area (Å²) in [4.78, 5) is 41.8. The van der Waals surface area contributed by atoms with Gasteiger partial charge >= 0.3 is 18.1 Å². The maximum absolute atomic E-state index is 12.0. The Balaban J connectivity index is 1.14. The van der Waals surface area contributed by atoms with Crippen molar-refractivity contribution in [3.05, 3.63) is 59.2 Å². The van der Waals surface area contributed by atoms with Gasteiger partial charge in [-0.2, -0.15) is 0 Å². The summed E-state index contributed by atoms with van der Waals surface area (Å²) >= 11 is 0. The molecule has 0 unspecified atom stereocenters. The average molecular weight is 662 g/mol. The van der Waals surface area contributed by atoms with Gasteiger partial charge in [0.2, 0.25) is 0 Å². The number of carbonyl (C=O) groups excluding carboxylic acids is 3. The van der Waals surface area contributed by atoms with Gasteiger partial charge in [-0.25, -0.2) is 14.4 Å². The van der Waals surface area contributed by atoms with Crippen LogP contribution in [-0.4, -0.2) is 111 Å². The summed E-state index contributed by atoms with van der Waals surface area (Å²) in [5.74, 6) is 0. The Kier molecular flexibility index (Phi) is 14.2. The molecular weight excluding hydrogens is 606 g/mol. The van der Waals surface area contributed by atoms with Gasteiger partial charge in [-0.15, -0.1) is 0 Å². The van der Waals surface area contributed by atoms with Crippen molar-refractivity contribution in [3.63, 3.8) is 0 Å². The van der Waals surface area contributed by atoms with Gasteiger partial charge in [0.25, 0.3) is 0 Å². The number of rotatable bonds is 19. The highest BCUT2D eigenvalue weighted by Gasteiger charge is 2.18. The minimum absolute atomic E-state index is 0.0502. The van der Waals surface area contributed by atoms with Crippen LogP contribution in [0.4, 0.5) is 14.4 Å². The van der Waals surface area contributed by atoms with Crippen molar-refractivity contribution in [2.45, 2.75) is 58.2 Å². The first-order chi connectivity index (χ1) is 23.5. The molecule has 6 N–H and O–H groups in total. The highest BCUT2D eigenvalue weighted by atomic mass is 16.2. The molecule has 0 saturated carbocycles. The molecule has 48 heavy (non-hydrogen) atoms. The molecule has 3 aliphatic heterocycles. The van der Waals surface area contributed by atoms with E-state index in [2.05, 4.69) is 74.4 Å². The summed E-state index contributed by atoms with van der Waals surface area (Å²) < 4.78 is 0. The lowest BCUT2D eigenvalue weighted by molar-refractivity contribution is 0.184. The van der Waals surface area contributed by atoms with Gasteiger partial charge in [-0.05, 0) is 104 Å². The molecule has 6 amide bonds. The van der Waals surface area contributed by atoms with E-state index < -0.39 is 0 Å². The molecule has 0 aliphatic carbocycles. The Morgan fingerprint density at radius 1 is 0.521 bits per heavy atom. The zero-order valence-electron chi connectivity index (χ0n) is 28.5. The van der Waals surface area contributed by atoms with Crippen LogP contribution in [0, 0.1) is 0 Å². The molecule has 0 atom stereocenters. The van der Waals surface area contributed by atoms with E-state index >= 15 is 0 Å². The summed E-state index contributed by atoms with van der Waals surface area (Å²) in [5, 5.41) is 19.5. The predicted octanol–water partition coefficient (Wildman–Crippen LogP) is 3.04. The third-order valence-electron chi connectivity index (χ3n) is 9.15. The molecule has 262 valence electrons. The van der Waals surface area contributed by atoms with E-state index in [0.29, 0.717) is 0 Å². The molecule has 3 aliphatic rings. The van der Waals surface area contributed by atoms with Crippen molar-refractivity contribution in [1.29, 1.82) is 0 Å². The van der Waals surface area contributed by atoms with Crippen LogP contribution in [0.1, 0.15) is 55.2 Å². The summed E-state index contributed by atoms with van der Waals surface area (Å²) in [6.45, 7) is 12.0. The standard InChI is InChI=1S/C36H55N9O3/c46-34-40-13-5-19-43(34)16-2-10-37-26-29-8-1-9-32(23-29)33-24-30(27-38-11-3-17-44-20-6-14-41-35(44)47)22-31(25-33)28-39-12-4-18-45-21-7-15-42-36(45)48/h1,8-9,22-25,37-39H,2-7,10-21,26-28H2,(H,40,46)(H,41,47)(H,42,48). The van der Waals surface area contributed by atoms with Gasteiger partial charge in [0.05, 0.1) is 0 Å². The fraction of sp³-hybridized carbons (Fsp3) is 0.583. The Morgan fingerprint density at radius 3 is 1.38 bits per heavy atom. The van der Waals surface area contributed by atoms with Crippen LogP contribution in [0.15, 0.2) is 42.5 Å². The number of hydrogen-bond acceptors (Lipinski definition) is 6. The molecule has 3 fully saturated rings. The van der Waals surface area contributed by atoms with Crippen molar-refractivity contribution in [2.75, 3.05) is 78.5 Å². The molecule has 0 radical (unpaired) electrons. The molecule has 0 aromatic heterocycles. The lowest BCUT2D eigenvalue weighted by Crippen LogP contribution is -2.47. The van der Waals surface area contributed by atoms with Crippen LogP contribution >= 0.6 is 0 Å². The third-order valence-corrected chi connectivity index (χ3v) is 9.15. The quantitative estimate of drug-likeness (QED) is 0.128. The smallest absolute Gasteiger partial charge is 0.317 e. The normalized spacial score (nSPS) is 16.9. The van der Waals surface area contributed by atoms with E-state index in [-0.39, 0.29) is 18.1 Å². The third kappa shape index (κ3) is 11.4. The Labute approximate surface area is 285 Å². The first-order valence-electron chi connectivity index (χ1n) is 18.0. The fourth-order valence-corrected chi connectivity index (χ4v) is 6.55. The van der Waals surface area contributed by atoms with Crippen LogP contribution in [0.5, 0.6) is 0 Å². The number of carbonyl (C=O) groups is 3. The molecule has 0 spiro atoms. The van der Waals surface area contributed by atoms with Gasteiger partial charge < -0.3 is 46.6 Å². The van der Waals surface area contributed by atoms with E-state index in [1.54, 1.807) is 0 Å². The number of urea groups is 3. The molecule has 12 heteroatoms. The van der Waals surface area contributed by atoms with E-state index in [4.69, 9.17) is 0 Å².